The molecule has 1 rings (SSSR count). The van der Waals surface area contributed by atoms with Gasteiger partial charge in [-0.25, -0.2) is 0 Å². The van der Waals surface area contributed by atoms with E-state index >= 15 is 0 Å². The molecule has 6 heteroatoms. The minimum Gasteiger partial charge on any atom is -0.380 e. The fourth-order valence-electron chi connectivity index (χ4n) is 0.963. The molecule has 0 aliphatic carbocycles. The summed E-state index contributed by atoms with van der Waals surface area (Å²) in [4.78, 5) is 0. The topological polar surface area (TPSA) is 66.0 Å². The lowest BCUT2D eigenvalue weighted by Gasteiger charge is -2.05. The summed E-state index contributed by atoms with van der Waals surface area (Å²) < 4.78 is 7.22. The average Bonchev–Trinajstić information content (AvgIpc) is 2.48. The van der Waals surface area contributed by atoms with E-state index in [0.29, 0.717) is 11.9 Å². The van der Waals surface area contributed by atoms with Crippen LogP contribution in [0.5, 0.6) is 0 Å². The third-order valence-corrected chi connectivity index (χ3v) is 2.76. The second kappa shape index (κ2) is 5.97. The molecular weight excluding hydrogens is 212 g/mol. The number of hydrogen-bond acceptors (Lipinski definition) is 5. The van der Waals surface area contributed by atoms with Gasteiger partial charge in [-0.05, 0) is 5.92 Å². The van der Waals surface area contributed by atoms with Crippen LogP contribution >= 0.6 is 11.8 Å². The van der Waals surface area contributed by atoms with Gasteiger partial charge in [0, 0.05) is 19.4 Å². The number of hydrogen-bond donors (Lipinski definition) is 1. The highest BCUT2D eigenvalue weighted by Gasteiger charge is 2.05. The lowest BCUT2D eigenvalue weighted by molar-refractivity contribution is 0.124. The van der Waals surface area contributed by atoms with Gasteiger partial charge in [0.05, 0.1) is 6.61 Å². The molecule has 0 saturated carbocycles. The van der Waals surface area contributed by atoms with E-state index in [-0.39, 0.29) is 0 Å². The van der Waals surface area contributed by atoms with Crippen molar-refractivity contribution in [1.29, 1.82) is 0 Å². The first kappa shape index (κ1) is 12.3. The molecule has 0 amide bonds. The van der Waals surface area contributed by atoms with Gasteiger partial charge in [-0.3, -0.25) is 4.57 Å². The fourth-order valence-corrected chi connectivity index (χ4v) is 1.73. The summed E-state index contributed by atoms with van der Waals surface area (Å²) in [6, 6.07) is 0. The standard InChI is InChI=1S/C9H18N4OS/c1-7(2)6-14-4-5-15-9-12-11-8(10)13(9)3/h7H,4-6H2,1-3H3,(H2,10,11). The summed E-state index contributed by atoms with van der Waals surface area (Å²) in [7, 11) is 1.85. The van der Waals surface area contributed by atoms with E-state index in [9.17, 15) is 0 Å². The maximum atomic E-state index is 5.56. The van der Waals surface area contributed by atoms with Gasteiger partial charge in [-0.15, -0.1) is 10.2 Å². The van der Waals surface area contributed by atoms with Gasteiger partial charge in [0.25, 0.3) is 0 Å². The Kier molecular flexibility index (Phi) is 4.90. The van der Waals surface area contributed by atoms with Crippen LogP contribution in [0.2, 0.25) is 0 Å². The Morgan fingerprint density at radius 2 is 2.20 bits per heavy atom. The van der Waals surface area contributed by atoms with Crippen molar-refractivity contribution in [2.24, 2.45) is 13.0 Å². The molecule has 0 aliphatic rings. The van der Waals surface area contributed by atoms with Gasteiger partial charge in [0.15, 0.2) is 5.16 Å². The first-order valence-electron chi connectivity index (χ1n) is 4.96. The van der Waals surface area contributed by atoms with Crippen molar-refractivity contribution in [2.75, 3.05) is 24.7 Å². The molecule has 5 nitrogen and oxygen atoms in total. The van der Waals surface area contributed by atoms with Crippen molar-refractivity contribution in [2.45, 2.75) is 19.0 Å². The molecule has 1 aromatic heterocycles. The van der Waals surface area contributed by atoms with Crippen LogP contribution in [0.25, 0.3) is 0 Å². The van der Waals surface area contributed by atoms with E-state index in [4.69, 9.17) is 10.5 Å². The van der Waals surface area contributed by atoms with Gasteiger partial charge >= 0.3 is 0 Å². The predicted octanol–water partition coefficient (Wildman–Crippen LogP) is 1.16. The summed E-state index contributed by atoms with van der Waals surface area (Å²) in [5, 5.41) is 8.55. The van der Waals surface area contributed by atoms with E-state index in [1.165, 1.54) is 0 Å². The van der Waals surface area contributed by atoms with Crippen LogP contribution in [0, 0.1) is 5.92 Å². The molecule has 2 N–H and O–H groups in total. The maximum Gasteiger partial charge on any atom is 0.222 e. The third kappa shape index (κ3) is 4.09. The largest absolute Gasteiger partial charge is 0.380 e. The Morgan fingerprint density at radius 1 is 1.47 bits per heavy atom. The zero-order valence-electron chi connectivity index (χ0n) is 9.43. The predicted molar refractivity (Wildman–Crippen MR) is 61.8 cm³/mol. The molecular formula is C9H18N4OS. The number of anilines is 1. The average molecular weight is 230 g/mol. The van der Waals surface area contributed by atoms with E-state index in [2.05, 4.69) is 24.0 Å². The number of rotatable bonds is 6. The maximum absolute atomic E-state index is 5.56. The first-order chi connectivity index (χ1) is 7.11. The zero-order valence-corrected chi connectivity index (χ0v) is 10.3. The minimum absolute atomic E-state index is 0.445. The molecule has 0 fully saturated rings. The van der Waals surface area contributed by atoms with Gasteiger partial charge in [0.2, 0.25) is 5.95 Å². The molecule has 0 unspecified atom stereocenters. The van der Waals surface area contributed by atoms with Crippen LogP contribution in [0.1, 0.15) is 13.8 Å². The van der Waals surface area contributed by atoms with Crippen LogP contribution in [-0.4, -0.2) is 33.7 Å². The zero-order chi connectivity index (χ0) is 11.3. The van der Waals surface area contributed by atoms with Gasteiger partial charge in [0.1, 0.15) is 0 Å². The summed E-state index contributed by atoms with van der Waals surface area (Å²) in [5.41, 5.74) is 5.56. The number of nitrogens with zero attached hydrogens (tertiary/aromatic N) is 3. The lowest BCUT2D eigenvalue weighted by Crippen LogP contribution is -2.05. The van der Waals surface area contributed by atoms with Crippen molar-refractivity contribution in [3.8, 4) is 0 Å². The Bertz CT molecular complexity index is 300. The van der Waals surface area contributed by atoms with Crippen molar-refractivity contribution in [3.05, 3.63) is 0 Å². The Balaban J connectivity index is 2.18. The molecule has 15 heavy (non-hydrogen) atoms. The fraction of sp³-hybridized carbons (Fsp3) is 0.778. The second-order valence-corrected chi connectivity index (χ2v) is 4.78. The number of thioether (sulfide) groups is 1. The molecule has 86 valence electrons. The molecule has 0 radical (unpaired) electrons. The molecule has 1 aromatic rings. The van der Waals surface area contributed by atoms with Crippen molar-refractivity contribution in [3.63, 3.8) is 0 Å². The van der Waals surface area contributed by atoms with Gasteiger partial charge in [-0.2, -0.15) is 0 Å². The molecule has 0 atom stereocenters. The minimum atomic E-state index is 0.445. The summed E-state index contributed by atoms with van der Waals surface area (Å²) in [6.45, 7) is 5.81. The molecule has 0 bridgehead atoms. The lowest BCUT2D eigenvalue weighted by atomic mass is 10.2. The van der Waals surface area contributed by atoms with Crippen LogP contribution < -0.4 is 5.73 Å². The molecule has 0 aliphatic heterocycles. The van der Waals surface area contributed by atoms with E-state index < -0.39 is 0 Å². The van der Waals surface area contributed by atoms with Crippen LogP contribution in [0.4, 0.5) is 5.95 Å². The van der Waals surface area contributed by atoms with Gasteiger partial charge in [-0.1, -0.05) is 25.6 Å². The van der Waals surface area contributed by atoms with Crippen molar-refractivity contribution in [1.82, 2.24) is 14.8 Å². The Morgan fingerprint density at radius 3 is 2.73 bits per heavy atom. The highest BCUT2D eigenvalue weighted by atomic mass is 32.2. The number of aromatic nitrogens is 3. The molecule has 0 aromatic carbocycles. The van der Waals surface area contributed by atoms with Crippen LogP contribution in [0.3, 0.4) is 0 Å². The summed E-state index contributed by atoms with van der Waals surface area (Å²) in [5.74, 6) is 1.90. The van der Waals surface area contributed by atoms with E-state index in [1.807, 2.05) is 7.05 Å². The van der Waals surface area contributed by atoms with Crippen LogP contribution in [-0.2, 0) is 11.8 Å². The number of nitrogen functional groups attached to an aromatic ring is 1. The monoisotopic (exact) mass is 230 g/mol. The SMILES string of the molecule is CC(C)COCCSc1nnc(N)n1C. The summed E-state index contributed by atoms with van der Waals surface area (Å²) in [6.07, 6.45) is 0. The third-order valence-electron chi connectivity index (χ3n) is 1.78. The molecule has 1 heterocycles. The quantitative estimate of drug-likeness (QED) is 0.587. The molecule has 0 spiro atoms. The smallest absolute Gasteiger partial charge is 0.222 e. The normalized spacial score (nSPS) is 11.2. The highest BCUT2D eigenvalue weighted by molar-refractivity contribution is 7.99. The Labute approximate surface area is 94.4 Å². The first-order valence-corrected chi connectivity index (χ1v) is 5.95. The second-order valence-electron chi connectivity index (χ2n) is 3.72. The van der Waals surface area contributed by atoms with E-state index in [1.54, 1.807) is 16.3 Å². The number of ether oxygens (including phenoxy) is 1. The van der Waals surface area contributed by atoms with Crippen molar-refractivity contribution >= 4 is 17.7 Å². The van der Waals surface area contributed by atoms with E-state index in [0.717, 1.165) is 24.1 Å². The molecule has 0 saturated heterocycles. The number of nitrogens with two attached hydrogens (primary N) is 1. The highest BCUT2D eigenvalue weighted by Crippen LogP contribution is 2.15. The van der Waals surface area contributed by atoms with Crippen molar-refractivity contribution < 1.29 is 4.74 Å². The van der Waals surface area contributed by atoms with Gasteiger partial charge < -0.3 is 10.5 Å². The van der Waals surface area contributed by atoms with Crippen LogP contribution in [0.15, 0.2) is 5.16 Å². The summed E-state index contributed by atoms with van der Waals surface area (Å²) >= 11 is 1.60. The Hall–Kier alpha value is -0.750.